The molecule has 0 spiro atoms. The number of furan rings is 1. The summed E-state index contributed by atoms with van der Waals surface area (Å²) in [7, 11) is 0. The summed E-state index contributed by atoms with van der Waals surface area (Å²) in [6.45, 7) is 3.52. The normalized spacial score (nSPS) is 11.0. The van der Waals surface area contributed by atoms with Crippen LogP contribution < -0.4 is 4.74 Å². The number of benzene rings is 2. The van der Waals surface area contributed by atoms with E-state index in [1.165, 1.54) is 36.4 Å². The van der Waals surface area contributed by atoms with Gasteiger partial charge in [0.15, 0.2) is 0 Å². The molecule has 0 aliphatic rings. The fraction of sp³-hybridized carbons (Fsp3) is 0.105. The van der Waals surface area contributed by atoms with E-state index in [1.807, 2.05) is 0 Å². The van der Waals surface area contributed by atoms with Gasteiger partial charge < -0.3 is 14.3 Å². The van der Waals surface area contributed by atoms with Gasteiger partial charge in [-0.15, -0.1) is 10.2 Å². The average Bonchev–Trinajstić information content (AvgIpc) is 3.09. The molecular weight excluding hydrogens is 339 g/mol. The highest BCUT2D eigenvalue weighted by atomic mass is 19.1. The second-order valence-corrected chi connectivity index (χ2v) is 5.61. The number of ether oxygens (including phenoxy) is 1. The molecule has 0 atom stereocenters. The number of aromatic hydroxyl groups is 1. The Bertz CT molecular complexity index is 954. The molecule has 0 aliphatic carbocycles. The van der Waals surface area contributed by atoms with Crippen LogP contribution in [0.2, 0.25) is 0 Å². The first-order valence-corrected chi connectivity index (χ1v) is 7.72. The van der Waals surface area contributed by atoms with E-state index in [2.05, 4.69) is 10.2 Å². The SMILES string of the molecule is Cc1cc(N=Nc2ccc(C(=O)Oc3ccc(F)cc3)o2)cc(C)c1O. The molecule has 7 heteroatoms. The molecule has 1 aromatic heterocycles. The number of halogens is 1. The minimum Gasteiger partial charge on any atom is -0.507 e. The number of carbonyl (C=O) groups is 1. The number of phenols is 1. The van der Waals surface area contributed by atoms with Crippen molar-refractivity contribution in [3.8, 4) is 11.5 Å². The van der Waals surface area contributed by atoms with Crippen molar-refractivity contribution in [1.82, 2.24) is 0 Å². The maximum atomic E-state index is 12.9. The summed E-state index contributed by atoms with van der Waals surface area (Å²) in [5, 5.41) is 17.7. The maximum Gasteiger partial charge on any atom is 0.379 e. The van der Waals surface area contributed by atoms with Crippen LogP contribution in [0.25, 0.3) is 0 Å². The number of aryl methyl sites for hydroxylation is 2. The number of esters is 1. The first-order valence-electron chi connectivity index (χ1n) is 7.72. The Kier molecular flexibility index (Phi) is 4.79. The van der Waals surface area contributed by atoms with E-state index in [-0.39, 0.29) is 23.1 Å². The average molecular weight is 354 g/mol. The number of carbonyl (C=O) groups excluding carboxylic acids is 1. The zero-order valence-corrected chi connectivity index (χ0v) is 14.1. The third-order valence-electron chi connectivity index (χ3n) is 3.56. The summed E-state index contributed by atoms with van der Waals surface area (Å²) in [5.41, 5.74) is 1.91. The zero-order valence-electron chi connectivity index (χ0n) is 14.1. The van der Waals surface area contributed by atoms with Crippen LogP contribution in [0.5, 0.6) is 11.5 Å². The molecule has 1 N–H and O–H groups in total. The Morgan fingerprint density at radius 3 is 2.35 bits per heavy atom. The molecule has 6 nitrogen and oxygen atoms in total. The van der Waals surface area contributed by atoms with Gasteiger partial charge in [0.25, 0.3) is 0 Å². The molecule has 132 valence electrons. The smallest absolute Gasteiger partial charge is 0.379 e. The molecule has 0 amide bonds. The van der Waals surface area contributed by atoms with E-state index in [9.17, 15) is 14.3 Å². The van der Waals surface area contributed by atoms with Crippen molar-refractivity contribution in [2.45, 2.75) is 13.8 Å². The first kappa shape index (κ1) is 17.3. The van der Waals surface area contributed by atoms with E-state index < -0.39 is 11.8 Å². The maximum absolute atomic E-state index is 12.9. The number of azo groups is 1. The number of nitrogens with zero attached hydrogens (tertiary/aromatic N) is 2. The van der Waals surface area contributed by atoms with Crippen LogP contribution in [0.3, 0.4) is 0 Å². The largest absolute Gasteiger partial charge is 0.507 e. The molecule has 0 saturated carbocycles. The lowest BCUT2D eigenvalue weighted by Gasteiger charge is -2.03. The molecule has 1 heterocycles. The quantitative estimate of drug-likeness (QED) is 0.387. The predicted molar refractivity (Wildman–Crippen MR) is 91.8 cm³/mol. The van der Waals surface area contributed by atoms with E-state index in [1.54, 1.807) is 26.0 Å². The number of hydrogen-bond acceptors (Lipinski definition) is 6. The van der Waals surface area contributed by atoms with Gasteiger partial charge in [-0.1, -0.05) is 0 Å². The Morgan fingerprint density at radius 2 is 1.69 bits per heavy atom. The summed E-state index contributed by atoms with van der Waals surface area (Å²) in [5.74, 6) is -0.667. The van der Waals surface area contributed by atoms with Crippen molar-refractivity contribution in [1.29, 1.82) is 0 Å². The lowest BCUT2D eigenvalue weighted by Crippen LogP contribution is -2.06. The van der Waals surface area contributed by atoms with Gasteiger partial charge in [0.2, 0.25) is 11.6 Å². The van der Waals surface area contributed by atoms with E-state index in [0.29, 0.717) is 16.8 Å². The minimum absolute atomic E-state index is 0.0543. The molecule has 3 aromatic rings. The summed E-state index contributed by atoms with van der Waals surface area (Å²) in [6, 6.07) is 11.3. The predicted octanol–water partition coefficient (Wildman–Crippen LogP) is 5.38. The van der Waals surface area contributed by atoms with Gasteiger partial charge in [0.1, 0.15) is 17.3 Å². The summed E-state index contributed by atoms with van der Waals surface area (Å²) >= 11 is 0. The van der Waals surface area contributed by atoms with Crippen LogP contribution in [-0.2, 0) is 0 Å². The molecule has 3 rings (SSSR count). The third-order valence-corrected chi connectivity index (χ3v) is 3.56. The first-order chi connectivity index (χ1) is 12.4. The van der Waals surface area contributed by atoms with Crippen molar-refractivity contribution >= 4 is 17.5 Å². The highest BCUT2D eigenvalue weighted by Gasteiger charge is 2.14. The van der Waals surface area contributed by atoms with E-state index in [0.717, 1.165) is 0 Å². The van der Waals surface area contributed by atoms with Gasteiger partial charge in [-0.25, -0.2) is 9.18 Å². The van der Waals surface area contributed by atoms with Gasteiger partial charge >= 0.3 is 5.97 Å². The van der Waals surface area contributed by atoms with Crippen LogP contribution >= 0.6 is 0 Å². The van der Waals surface area contributed by atoms with Gasteiger partial charge in [0, 0.05) is 6.07 Å². The third kappa shape index (κ3) is 3.94. The zero-order chi connectivity index (χ0) is 18.7. The molecule has 0 fully saturated rings. The van der Waals surface area contributed by atoms with Crippen molar-refractivity contribution < 1.29 is 23.4 Å². The molecule has 0 unspecified atom stereocenters. The monoisotopic (exact) mass is 354 g/mol. The van der Waals surface area contributed by atoms with Crippen molar-refractivity contribution in [3.63, 3.8) is 0 Å². The van der Waals surface area contributed by atoms with Crippen LogP contribution in [0.15, 0.2) is 63.2 Å². The van der Waals surface area contributed by atoms with Gasteiger partial charge in [0.05, 0.1) is 5.69 Å². The van der Waals surface area contributed by atoms with Crippen molar-refractivity contribution in [2.24, 2.45) is 10.2 Å². The number of phenolic OH excluding ortho intramolecular Hbond substituents is 1. The van der Waals surface area contributed by atoms with Crippen LogP contribution in [-0.4, -0.2) is 11.1 Å². The Labute approximate surface area is 148 Å². The molecular formula is C19H15FN2O4. The second-order valence-electron chi connectivity index (χ2n) is 5.61. The molecule has 0 saturated heterocycles. The lowest BCUT2D eigenvalue weighted by atomic mass is 10.1. The van der Waals surface area contributed by atoms with Crippen molar-refractivity contribution in [3.05, 3.63) is 71.2 Å². The fourth-order valence-corrected chi connectivity index (χ4v) is 2.25. The Balaban J connectivity index is 1.71. The van der Waals surface area contributed by atoms with E-state index >= 15 is 0 Å². The molecule has 2 aromatic carbocycles. The summed E-state index contributed by atoms with van der Waals surface area (Å²) < 4.78 is 23.2. The van der Waals surface area contributed by atoms with Gasteiger partial charge in [-0.05, 0) is 67.4 Å². The number of hydrogen-bond donors (Lipinski definition) is 1. The van der Waals surface area contributed by atoms with Gasteiger partial charge in [-0.2, -0.15) is 0 Å². The highest BCUT2D eigenvalue weighted by molar-refractivity contribution is 5.88. The molecule has 0 aliphatic heterocycles. The fourth-order valence-electron chi connectivity index (χ4n) is 2.25. The summed E-state index contributed by atoms with van der Waals surface area (Å²) in [4.78, 5) is 12.0. The number of rotatable bonds is 4. The minimum atomic E-state index is -0.727. The highest BCUT2D eigenvalue weighted by Crippen LogP contribution is 2.29. The lowest BCUT2D eigenvalue weighted by molar-refractivity contribution is 0.0702. The van der Waals surface area contributed by atoms with Crippen LogP contribution in [0, 0.1) is 19.7 Å². The second kappa shape index (κ2) is 7.18. The van der Waals surface area contributed by atoms with Crippen molar-refractivity contribution in [2.75, 3.05) is 0 Å². The van der Waals surface area contributed by atoms with Gasteiger partial charge in [-0.3, -0.25) is 0 Å². The topological polar surface area (TPSA) is 84.4 Å². The Hall–Kier alpha value is -3.48. The molecule has 0 bridgehead atoms. The molecule has 26 heavy (non-hydrogen) atoms. The van der Waals surface area contributed by atoms with Crippen LogP contribution in [0.4, 0.5) is 16.0 Å². The van der Waals surface area contributed by atoms with E-state index in [4.69, 9.17) is 9.15 Å². The van der Waals surface area contributed by atoms with Crippen LogP contribution in [0.1, 0.15) is 21.7 Å². The Morgan fingerprint density at radius 1 is 1.04 bits per heavy atom. The summed E-state index contributed by atoms with van der Waals surface area (Å²) in [6.07, 6.45) is 0. The standard InChI is InChI=1S/C19H15FN2O4/c1-11-9-14(10-12(2)18(11)23)21-22-17-8-7-16(26-17)19(24)25-15-5-3-13(20)4-6-15/h3-10,23H,1-2H3. The molecule has 0 radical (unpaired) electrons.